The number of hydrogen-bond acceptors (Lipinski definition) is 6. The number of carbonyl (C=O) groups excluding carboxylic acids is 1. The Hall–Kier alpha value is -1.79. The van der Waals surface area contributed by atoms with E-state index in [1.54, 1.807) is 14.2 Å². The summed E-state index contributed by atoms with van der Waals surface area (Å²) in [6, 6.07) is 6.45. The van der Waals surface area contributed by atoms with Crippen LogP contribution in [0.4, 0.5) is 0 Å². The average molecular weight is 392 g/mol. The Bertz CT molecular complexity index is 650. The third-order valence-electron chi connectivity index (χ3n) is 5.82. The Morgan fingerprint density at radius 1 is 1.11 bits per heavy atom. The fourth-order valence-corrected chi connectivity index (χ4v) is 4.44. The maximum absolute atomic E-state index is 11.2. The van der Waals surface area contributed by atoms with Crippen LogP contribution < -0.4 is 9.47 Å². The molecule has 3 atom stereocenters. The fraction of sp³-hybridized carbons (Fsp3) is 0.682. The number of esters is 1. The number of benzene rings is 1. The minimum absolute atomic E-state index is 0.0341. The van der Waals surface area contributed by atoms with Crippen molar-refractivity contribution in [3.05, 3.63) is 23.8 Å². The number of likely N-dealkylation sites (tertiary alicyclic amines) is 1. The topological polar surface area (TPSA) is 57.2 Å². The molecule has 0 radical (unpaired) electrons. The van der Waals surface area contributed by atoms with Crippen molar-refractivity contribution in [2.75, 3.05) is 33.9 Å². The number of ether oxygens (including phenoxy) is 4. The SMILES string of the molecule is COc1ccc(CCOC2CCCCC2N2CC[C@H](OC(C)=O)C2)cc1OC. The van der Waals surface area contributed by atoms with Gasteiger partial charge in [-0.15, -0.1) is 0 Å². The molecule has 156 valence electrons. The van der Waals surface area contributed by atoms with Crippen molar-refractivity contribution in [2.24, 2.45) is 0 Å². The standard InChI is InChI=1S/C22H33NO5/c1-16(24)28-18-10-12-23(15-18)19-6-4-5-7-20(19)27-13-11-17-8-9-21(25-2)22(14-17)26-3/h8-9,14,18-20H,4-7,10-13,15H2,1-3H3/t18-,19?,20?/m0/s1. The molecule has 0 aromatic heterocycles. The van der Waals surface area contributed by atoms with Crippen molar-refractivity contribution in [1.29, 1.82) is 0 Å². The summed E-state index contributed by atoms with van der Waals surface area (Å²) in [5.74, 6) is 1.32. The van der Waals surface area contributed by atoms with Crippen LogP contribution in [0.25, 0.3) is 0 Å². The minimum Gasteiger partial charge on any atom is -0.493 e. The normalized spacial score (nSPS) is 25.5. The van der Waals surface area contributed by atoms with Gasteiger partial charge in [0.1, 0.15) is 6.10 Å². The molecule has 0 amide bonds. The first-order chi connectivity index (χ1) is 13.6. The van der Waals surface area contributed by atoms with E-state index in [1.807, 2.05) is 12.1 Å². The molecule has 1 aliphatic carbocycles. The highest BCUT2D eigenvalue weighted by molar-refractivity contribution is 5.66. The molecule has 6 nitrogen and oxygen atoms in total. The van der Waals surface area contributed by atoms with Gasteiger partial charge in [0.2, 0.25) is 0 Å². The van der Waals surface area contributed by atoms with Gasteiger partial charge in [-0.25, -0.2) is 0 Å². The maximum atomic E-state index is 11.2. The molecule has 2 aliphatic rings. The van der Waals surface area contributed by atoms with E-state index in [0.29, 0.717) is 12.6 Å². The van der Waals surface area contributed by atoms with Gasteiger partial charge in [0.05, 0.1) is 26.9 Å². The van der Waals surface area contributed by atoms with Crippen LogP contribution in [0, 0.1) is 0 Å². The monoisotopic (exact) mass is 391 g/mol. The quantitative estimate of drug-likeness (QED) is 0.634. The van der Waals surface area contributed by atoms with E-state index in [-0.39, 0.29) is 18.2 Å². The lowest BCUT2D eigenvalue weighted by Crippen LogP contribution is -2.46. The summed E-state index contributed by atoms with van der Waals surface area (Å²) in [6.07, 6.45) is 6.79. The van der Waals surface area contributed by atoms with Crippen molar-refractivity contribution in [3.63, 3.8) is 0 Å². The molecular formula is C22H33NO5. The summed E-state index contributed by atoms with van der Waals surface area (Å²) >= 11 is 0. The average Bonchev–Trinajstić information content (AvgIpc) is 3.15. The van der Waals surface area contributed by atoms with Crippen LogP contribution in [0.1, 0.15) is 44.6 Å². The van der Waals surface area contributed by atoms with Crippen molar-refractivity contribution >= 4 is 5.97 Å². The molecule has 1 saturated carbocycles. The minimum atomic E-state index is -0.182. The molecule has 2 unspecified atom stereocenters. The third-order valence-corrected chi connectivity index (χ3v) is 5.82. The van der Waals surface area contributed by atoms with Gasteiger partial charge in [-0.3, -0.25) is 9.69 Å². The molecule has 0 spiro atoms. The smallest absolute Gasteiger partial charge is 0.302 e. The predicted octanol–water partition coefficient (Wildman–Crippen LogP) is 3.21. The lowest BCUT2D eigenvalue weighted by molar-refractivity contribution is -0.145. The van der Waals surface area contributed by atoms with E-state index in [9.17, 15) is 4.79 Å². The fourth-order valence-electron chi connectivity index (χ4n) is 4.44. The molecule has 1 saturated heterocycles. The lowest BCUT2D eigenvalue weighted by Gasteiger charge is -2.37. The summed E-state index contributed by atoms with van der Waals surface area (Å²) in [4.78, 5) is 13.7. The van der Waals surface area contributed by atoms with Gasteiger partial charge in [0.25, 0.3) is 0 Å². The van der Waals surface area contributed by atoms with E-state index in [0.717, 1.165) is 50.3 Å². The molecule has 3 rings (SSSR count). The van der Waals surface area contributed by atoms with Crippen LogP contribution >= 0.6 is 0 Å². The number of methoxy groups -OCH3 is 2. The van der Waals surface area contributed by atoms with Gasteiger partial charge in [-0.05, 0) is 43.4 Å². The van der Waals surface area contributed by atoms with Gasteiger partial charge >= 0.3 is 5.97 Å². The van der Waals surface area contributed by atoms with Gasteiger partial charge in [0, 0.05) is 26.1 Å². The van der Waals surface area contributed by atoms with Crippen LogP contribution in [-0.2, 0) is 20.7 Å². The summed E-state index contributed by atoms with van der Waals surface area (Å²) in [5, 5.41) is 0. The van der Waals surface area contributed by atoms with Gasteiger partial charge < -0.3 is 18.9 Å². The number of carbonyl (C=O) groups is 1. The number of rotatable bonds is 8. The number of nitrogens with zero attached hydrogens (tertiary/aromatic N) is 1. The highest BCUT2D eigenvalue weighted by atomic mass is 16.5. The van der Waals surface area contributed by atoms with Crippen LogP contribution in [0.15, 0.2) is 18.2 Å². The molecule has 1 aliphatic heterocycles. The molecule has 1 aromatic carbocycles. The second-order valence-corrected chi connectivity index (χ2v) is 7.72. The predicted molar refractivity (Wildman–Crippen MR) is 107 cm³/mol. The first kappa shape index (κ1) is 20.9. The van der Waals surface area contributed by atoms with Crippen molar-refractivity contribution in [2.45, 2.75) is 63.7 Å². The Morgan fingerprint density at radius 2 is 1.89 bits per heavy atom. The zero-order valence-electron chi connectivity index (χ0n) is 17.3. The van der Waals surface area contributed by atoms with Crippen LogP contribution in [-0.4, -0.2) is 63.0 Å². The second-order valence-electron chi connectivity index (χ2n) is 7.72. The molecular weight excluding hydrogens is 358 g/mol. The second kappa shape index (κ2) is 10.1. The molecule has 6 heteroatoms. The molecule has 2 fully saturated rings. The molecule has 1 heterocycles. The zero-order chi connectivity index (χ0) is 19.9. The van der Waals surface area contributed by atoms with Gasteiger partial charge in [0.15, 0.2) is 11.5 Å². The Balaban J connectivity index is 1.52. The van der Waals surface area contributed by atoms with Crippen molar-refractivity contribution in [3.8, 4) is 11.5 Å². The Morgan fingerprint density at radius 3 is 2.64 bits per heavy atom. The molecule has 0 bridgehead atoms. The lowest BCUT2D eigenvalue weighted by atomic mass is 9.91. The molecule has 28 heavy (non-hydrogen) atoms. The van der Waals surface area contributed by atoms with Crippen LogP contribution in [0.3, 0.4) is 0 Å². The largest absolute Gasteiger partial charge is 0.493 e. The van der Waals surface area contributed by atoms with Crippen molar-refractivity contribution in [1.82, 2.24) is 4.90 Å². The van der Waals surface area contributed by atoms with Crippen LogP contribution in [0.5, 0.6) is 11.5 Å². The van der Waals surface area contributed by atoms with E-state index in [2.05, 4.69) is 11.0 Å². The van der Waals surface area contributed by atoms with E-state index in [4.69, 9.17) is 18.9 Å². The Kier molecular flexibility index (Phi) is 7.57. The van der Waals surface area contributed by atoms with E-state index >= 15 is 0 Å². The Labute approximate surface area is 168 Å². The number of hydrogen-bond donors (Lipinski definition) is 0. The third kappa shape index (κ3) is 5.39. The van der Waals surface area contributed by atoms with Gasteiger partial charge in [-0.2, -0.15) is 0 Å². The highest BCUT2D eigenvalue weighted by Crippen LogP contribution is 2.30. The van der Waals surface area contributed by atoms with Crippen molar-refractivity contribution < 1.29 is 23.7 Å². The maximum Gasteiger partial charge on any atom is 0.302 e. The summed E-state index contributed by atoms with van der Waals surface area (Å²) < 4.78 is 22.4. The van der Waals surface area contributed by atoms with Crippen LogP contribution in [0.2, 0.25) is 0 Å². The molecule has 0 N–H and O–H groups in total. The molecule has 1 aromatic rings. The summed E-state index contributed by atoms with van der Waals surface area (Å²) in [5.41, 5.74) is 1.18. The van der Waals surface area contributed by atoms with Gasteiger partial charge in [-0.1, -0.05) is 18.9 Å². The summed E-state index contributed by atoms with van der Waals surface area (Å²) in [6.45, 7) is 4.00. The first-order valence-corrected chi connectivity index (χ1v) is 10.3. The van der Waals surface area contributed by atoms with E-state index in [1.165, 1.54) is 25.3 Å². The highest BCUT2D eigenvalue weighted by Gasteiger charge is 2.36. The summed E-state index contributed by atoms with van der Waals surface area (Å²) in [7, 11) is 3.30. The zero-order valence-corrected chi connectivity index (χ0v) is 17.3. The first-order valence-electron chi connectivity index (χ1n) is 10.3. The van der Waals surface area contributed by atoms with E-state index < -0.39 is 0 Å².